The van der Waals surface area contributed by atoms with Crippen molar-refractivity contribution in [2.75, 3.05) is 6.54 Å². The van der Waals surface area contributed by atoms with E-state index in [2.05, 4.69) is 5.32 Å². The van der Waals surface area contributed by atoms with Crippen LogP contribution in [0, 0.1) is 5.41 Å². The summed E-state index contributed by atoms with van der Waals surface area (Å²) >= 11 is 0. The SMILES string of the molecule is CC(C)(C)C(NCCCC(=O)O)c1cccc(C(F)(F)F)c1. The van der Waals surface area contributed by atoms with Crippen molar-refractivity contribution in [2.45, 2.75) is 45.8 Å². The van der Waals surface area contributed by atoms with E-state index in [9.17, 15) is 18.0 Å². The largest absolute Gasteiger partial charge is 0.481 e. The Labute approximate surface area is 128 Å². The second-order valence-electron chi connectivity index (χ2n) is 6.37. The molecule has 0 heterocycles. The standard InChI is InChI=1S/C16H22F3NO2/c1-15(2,3)14(20-9-5-8-13(21)22)11-6-4-7-12(10-11)16(17,18)19/h4,6-7,10,14,20H,5,8-9H2,1-3H3,(H,21,22). The van der Waals surface area contributed by atoms with E-state index >= 15 is 0 Å². The quantitative estimate of drug-likeness (QED) is 0.771. The first-order chi connectivity index (χ1) is 10.0. The van der Waals surface area contributed by atoms with Gasteiger partial charge in [-0.15, -0.1) is 0 Å². The van der Waals surface area contributed by atoms with Crippen molar-refractivity contribution in [3.8, 4) is 0 Å². The van der Waals surface area contributed by atoms with Gasteiger partial charge in [0.25, 0.3) is 0 Å². The van der Waals surface area contributed by atoms with Crippen LogP contribution in [0.1, 0.15) is 50.8 Å². The molecule has 0 bridgehead atoms. The van der Waals surface area contributed by atoms with Gasteiger partial charge in [-0.2, -0.15) is 13.2 Å². The fraction of sp³-hybridized carbons (Fsp3) is 0.562. The van der Waals surface area contributed by atoms with Crippen molar-refractivity contribution in [1.29, 1.82) is 0 Å². The van der Waals surface area contributed by atoms with Crippen LogP contribution in [-0.4, -0.2) is 17.6 Å². The summed E-state index contributed by atoms with van der Waals surface area (Å²) in [5.74, 6) is -0.881. The molecule has 0 radical (unpaired) electrons. The molecular formula is C16H22F3NO2. The summed E-state index contributed by atoms with van der Waals surface area (Å²) in [7, 11) is 0. The maximum atomic E-state index is 12.8. The van der Waals surface area contributed by atoms with Crippen LogP contribution in [0.3, 0.4) is 0 Å². The van der Waals surface area contributed by atoms with Gasteiger partial charge >= 0.3 is 12.1 Å². The number of rotatable bonds is 6. The van der Waals surface area contributed by atoms with Crippen LogP contribution in [0.5, 0.6) is 0 Å². The number of carboxylic acids is 1. The van der Waals surface area contributed by atoms with E-state index in [1.807, 2.05) is 20.8 Å². The molecule has 3 nitrogen and oxygen atoms in total. The van der Waals surface area contributed by atoms with E-state index in [0.717, 1.165) is 12.1 Å². The van der Waals surface area contributed by atoms with Gasteiger partial charge in [-0.3, -0.25) is 4.79 Å². The molecule has 0 aromatic heterocycles. The second kappa shape index (κ2) is 7.13. The van der Waals surface area contributed by atoms with Crippen LogP contribution in [0.25, 0.3) is 0 Å². The highest BCUT2D eigenvalue weighted by molar-refractivity contribution is 5.66. The van der Waals surface area contributed by atoms with Gasteiger partial charge in [0, 0.05) is 12.5 Å². The Balaban J connectivity index is 2.91. The molecule has 1 atom stereocenters. The normalized spacial score (nSPS) is 13.9. The van der Waals surface area contributed by atoms with Crippen molar-refractivity contribution < 1.29 is 23.1 Å². The van der Waals surface area contributed by atoms with Crippen LogP contribution in [0.15, 0.2) is 24.3 Å². The first kappa shape index (κ1) is 18.5. The minimum absolute atomic E-state index is 0.0342. The lowest BCUT2D eigenvalue weighted by atomic mass is 9.82. The lowest BCUT2D eigenvalue weighted by molar-refractivity contribution is -0.138. The van der Waals surface area contributed by atoms with Gasteiger partial charge in [-0.05, 0) is 36.1 Å². The molecule has 6 heteroatoms. The number of aliphatic carboxylic acids is 1. The zero-order chi connectivity index (χ0) is 17.0. The van der Waals surface area contributed by atoms with Crippen molar-refractivity contribution in [2.24, 2.45) is 5.41 Å². The molecule has 22 heavy (non-hydrogen) atoms. The molecule has 0 spiro atoms. The predicted octanol–water partition coefficient (Wildman–Crippen LogP) is 4.25. The number of halogens is 3. The van der Waals surface area contributed by atoms with Gasteiger partial charge in [0.15, 0.2) is 0 Å². The summed E-state index contributed by atoms with van der Waals surface area (Å²) in [5, 5.41) is 11.8. The lowest BCUT2D eigenvalue weighted by Crippen LogP contribution is -2.33. The summed E-state index contributed by atoms with van der Waals surface area (Å²) in [6.07, 6.45) is -3.91. The Bertz CT molecular complexity index is 507. The highest BCUT2D eigenvalue weighted by atomic mass is 19.4. The zero-order valence-electron chi connectivity index (χ0n) is 13.0. The number of nitrogens with one attached hydrogen (secondary N) is 1. The van der Waals surface area contributed by atoms with E-state index < -0.39 is 17.7 Å². The molecule has 124 valence electrons. The minimum Gasteiger partial charge on any atom is -0.481 e. The third-order valence-corrected chi connectivity index (χ3v) is 3.33. The van der Waals surface area contributed by atoms with E-state index in [-0.39, 0.29) is 17.9 Å². The smallest absolute Gasteiger partial charge is 0.416 e. The molecule has 0 aliphatic rings. The first-order valence-corrected chi connectivity index (χ1v) is 7.14. The molecular weight excluding hydrogens is 295 g/mol. The van der Waals surface area contributed by atoms with E-state index in [1.165, 1.54) is 6.07 Å². The topological polar surface area (TPSA) is 49.3 Å². The maximum Gasteiger partial charge on any atom is 0.416 e. The number of carbonyl (C=O) groups is 1. The minimum atomic E-state index is -4.37. The summed E-state index contributed by atoms with van der Waals surface area (Å²) in [4.78, 5) is 10.5. The molecule has 0 fully saturated rings. The Morgan fingerprint density at radius 1 is 1.27 bits per heavy atom. The highest BCUT2D eigenvalue weighted by Crippen LogP contribution is 2.36. The molecule has 0 saturated carbocycles. The average Bonchev–Trinajstić information content (AvgIpc) is 2.35. The lowest BCUT2D eigenvalue weighted by Gasteiger charge is -2.32. The average molecular weight is 317 g/mol. The Hall–Kier alpha value is -1.56. The fourth-order valence-electron chi connectivity index (χ4n) is 2.30. The van der Waals surface area contributed by atoms with E-state index in [4.69, 9.17) is 5.11 Å². The number of alkyl halides is 3. The Kier molecular flexibility index (Phi) is 6.00. The fourth-order valence-corrected chi connectivity index (χ4v) is 2.30. The van der Waals surface area contributed by atoms with Crippen molar-refractivity contribution in [1.82, 2.24) is 5.32 Å². The number of hydrogen-bond donors (Lipinski definition) is 2. The van der Waals surface area contributed by atoms with Gasteiger partial charge in [0.2, 0.25) is 0 Å². The molecule has 1 aromatic rings. The molecule has 1 unspecified atom stereocenters. The summed E-state index contributed by atoms with van der Waals surface area (Å²) in [5.41, 5.74) is -0.419. The monoisotopic (exact) mass is 317 g/mol. The van der Waals surface area contributed by atoms with Crippen molar-refractivity contribution >= 4 is 5.97 Å². The van der Waals surface area contributed by atoms with Gasteiger partial charge in [-0.25, -0.2) is 0 Å². The molecule has 0 amide bonds. The predicted molar refractivity (Wildman–Crippen MR) is 78.5 cm³/mol. The Morgan fingerprint density at radius 3 is 2.41 bits per heavy atom. The summed E-state index contributed by atoms with van der Waals surface area (Å²) < 4.78 is 38.5. The number of hydrogen-bond acceptors (Lipinski definition) is 2. The van der Waals surface area contributed by atoms with Crippen LogP contribution >= 0.6 is 0 Å². The number of benzene rings is 1. The van der Waals surface area contributed by atoms with Gasteiger partial charge < -0.3 is 10.4 Å². The molecule has 0 aliphatic carbocycles. The Morgan fingerprint density at radius 2 is 1.91 bits per heavy atom. The van der Waals surface area contributed by atoms with Gasteiger partial charge in [0.1, 0.15) is 0 Å². The van der Waals surface area contributed by atoms with Crippen LogP contribution in [0.4, 0.5) is 13.2 Å². The molecule has 0 aliphatic heterocycles. The van der Waals surface area contributed by atoms with Gasteiger partial charge in [0.05, 0.1) is 5.56 Å². The molecule has 1 aromatic carbocycles. The van der Waals surface area contributed by atoms with Crippen LogP contribution < -0.4 is 5.32 Å². The van der Waals surface area contributed by atoms with Gasteiger partial charge in [-0.1, -0.05) is 32.9 Å². The number of carboxylic acid groups (broad SMARTS) is 1. The van der Waals surface area contributed by atoms with E-state index in [0.29, 0.717) is 18.5 Å². The summed E-state index contributed by atoms with van der Waals surface area (Å²) in [6, 6.07) is 4.97. The van der Waals surface area contributed by atoms with Crippen LogP contribution in [-0.2, 0) is 11.0 Å². The maximum absolute atomic E-state index is 12.8. The third kappa shape index (κ3) is 5.67. The molecule has 1 rings (SSSR count). The second-order valence-corrected chi connectivity index (χ2v) is 6.37. The molecule has 0 saturated heterocycles. The van der Waals surface area contributed by atoms with Crippen molar-refractivity contribution in [3.63, 3.8) is 0 Å². The van der Waals surface area contributed by atoms with Crippen LogP contribution in [0.2, 0.25) is 0 Å². The van der Waals surface area contributed by atoms with E-state index in [1.54, 1.807) is 6.07 Å². The highest BCUT2D eigenvalue weighted by Gasteiger charge is 2.32. The summed E-state index contributed by atoms with van der Waals surface area (Å²) in [6.45, 7) is 6.23. The molecule has 2 N–H and O–H groups in total. The zero-order valence-corrected chi connectivity index (χ0v) is 13.0. The third-order valence-electron chi connectivity index (χ3n) is 3.33. The van der Waals surface area contributed by atoms with Crippen molar-refractivity contribution in [3.05, 3.63) is 35.4 Å². The first-order valence-electron chi connectivity index (χ1n) is 7.14.